The maximum Gasteiger partial charge on any atom is 0.341 e. The number of hydrogen-bond acceptors (Lipinski definition) is 5. The minimum atomic E-state index is -0.360. The molecule has 2 rings (SSSR count). The van der Waals surface area contributed by atoms with Crippen molar-refractivity contribution in [3.8, 4) is 0 Å². The topological polar surface area (TPSA) is 64.1 Å². The summed E-state index contributed by atoms with van der Waals surface area (Å²) in [7, 11) is 0. The van der Waals surface area contributed by atoms with Gasteiger partial charge in [-0.05, 0) is 38.5 Å². The van der Waals surface area contributed by atoms with E-state index in [-0.39, 0.29) is 5.97 Å². The van der Waals surface area contributed by atoms with Gasteiger partial charge < -0.3 is 10.1 Å². The first-order valence-corrected chi connectivity index (χ1v) is 7.35. The van der Waals surface area contributed by atoms with Gasteiger partial charge in [0, 0.05) is 12.7 Å². The number of aromatic nitrogens is 2. The number of anilines is 1. The highest BCUT2D eigenvalue weighted by Crippen LogP contribution is 2.49. The van der Waals surface area contributed by atoms with Gasteiger partial charge in [0.05, 0.1) is 17.9 Å². The molecule has 0 bridgehead atoms. The average molecular weight is 277 g/mol. The van der Waals surface area contributed by atoms with E-state index in [2.05, 4.69) is 22.2 Å². The van der Waals surface area contributed by atoms with Crippen LogP contribution in [0, 0.1) is 12.3 Å². The molecule has 0 aliphatic heterocycles. The molecule has 0 radical (unpaired) electrons. The summed E-state index contributed by atoms with van der Waals surface area (Å²) in [5.41, 5.74) is 1.54. The van der Waals surface area contributed by atoms with Gasteiger partial charge in [0.1, 0.15) is 0 Å². The lowest BCUT2D eigenvalue weighted by atomic mass is 10.0. The van der Waals surface area contributed by atoms with E-state index in [1.807, 2.05) is 0 Å². The Balaban J connectivity index is 1.97. The monoisotopic (exact) mass is 277 g/mol. The lowest BCUT2D eigenvalue weighted by Gasteiger charge is -2.15. The fraction of sp³-hybridized carbons (Fsp3) is 0.667. The molecule has 110 valence electrons. The van der Waals surface area contributed by atoms with Gasteiger partial charge in [-0.2, -0.15) is 0 Å². The fourth-order valence-electron chi connectivity index (χ4n) is 2.45. The van der Waals surface area contributed by atoms with Crippen molar-refractivity contribution < 1.29 is 9.53 Å². The normalized spacial score (nSPS) is 15.8. The Bertz CT molecular complexity index is 484. The summed E-state index contributed by atoms with van der Waals surface area (Å²) in [6.45, 7) is 7.08. The lowest BCUT2D eigenvalue weighted by Crippen LogP contribution is -2.18. The molecule has 5 heteroatoms. The summed E-state index contributed by atoms with van der Waals surface area (Å²) < 4.78 is 4.97. The summed E-state index contributed by atoms with van der Waals surface area (Å²) >= 11 is 0. The Morgan fingerprint density at radius 1 is 1.45 bits per heavy atom. The number of rotatable bonds is 7. The second-order valence-electron chi connectivity index (χ2n) is 5.52. The van der Waals surface area contributed by atoms with E-state index in [9.17, 15) is 4.79 Å². The fourth-order valence-corrected chi connectivity index (χ4v) is 2.45. The third-order valence-electron chi connectivity index (χ3n) is 3.83. The summed E-state index contributed by atoms with van der Waals surface area (Å²) in [5.74, 6) is 0.235. The molecular formula is C15H23N3O2. The molecule has 1 saturated carbocycles. The van der Waals surface area contributed by atoms with Crippen molar-refractivity contribution in [3.05, 3.63) is 17.5 Å². The van der Waals surface area contributed by atoms with Gasteiger partial charge in [0.25, 0.3) is 0 Å². The van der Waals surface area contributed by atoms with Crippen LogP contribution in [0.1, 0.15) is 55.6 Å². The van der Waals surface area contributed by atoms with Crippen LogP contribution in [0.15, 0.2) is 6.20 Å². The quantitative estimate of drug-likeness (QED) is 0.776. The van der Waals surface area contributed by atoms with Gasteiger partial charge in [-0.1, -0.05) is 13.3 Å². The largest absolute Gasteiger partial charge is 0.462 e. The van der Waals surface area contributed by atoms with E-state index in [4.69, 9.17) is 4.74 Å². The van der Waals surface area contributed by atoms with E-state index in [0.29, 0.717) is 29.2 Å². The van der Waals surface area contributed by atoms with Crippen LogP contribution in [0.5, 0.6) is 0 Å². The van der Waals surface area contributed by atoms with Crippen molar-refractivity contribution in [2.45, 2.75) is 46.5 Å². The number of ether oxygens (including phenoxy) is 1. The van der Waals surface area contributed by atoms with Crippen LogP contribution < -0.4 is 5.32 Å². The summed E-state index contributed by atoms with van der Waals surface area (Å²) in [6.07, 6.45) is 6.58. The molecule has 0 unspecified atom stereocenters. The smallest absolute Gasteiger partial charge is 0.341 e. The molecular weight excluding hydrogens is 254 g/mol. The number of carbonyl (C=O) groups is 1. The maximum atomic E-state index is 11.7. The van der Waals surface area contributed by atoms with Gasteiger partial charge in [0.2, 0.25) is 5.95 Å². The molecule has 1 aliphatic rings. The van der Waals surface area contributed by atoms with Crippen LogP contribution >= 0.6 is 0 Å². The van der Waals surface area contributed by atoms with E-state index < -0.39 is 0 Å². The van der Waals surface area contributed by atoms with Crippen LogP contribution in [-0.4, -0.2) is 29.1 Å². The third-order valence-corrected chi connectivity index (χ3v) is 3.83. The predicted molar refractivity (Wildman–Crippen MR) is 77.8 cm³/mol. The van der Waals surface area contributed by atoms with Gasteiger partial charge in [-0.25, -0.2) is 14.8 Å². The highest BCUT2D eigenvalue weighted by Gasteiger charge is 2.41. The molecule has 1 aliphatic carbocycles. The predicted octanol–water partition coefficient (Wildman–Crippen LogP) is 2.95. The van der Waals surface area contributed by atoms with Gasteiger partial charge in [0.15, 0.2) is 0 Å². The van der Waals surface area contributed by atoms with Crippen molar-refractivity contribution in [3.63, 3.8) is 0 Å². The number of carbonyl (C=O) groups excluding carboxylic acids is 1. The number of esters is 1. The molecule has 1 aromatic rings. The molecule has 0 spiro atoms. The maximum absolute atomic E-state index is 11.7. The minimum Gasteiger partial charge on any atom is -0.462 e. The minimum absolute atomic E-state index is 0.359. The van der Waals surface area contributed by atoms with Crippen molar-refractivity contribution in [1.82, 2.24) is 9.97 Å². The Kier molecular flexibility index (Phi) is 4.57. The van der Waals surface area contributed by atoms with Gasteiger partial charge in [-0.15, -0.1) is 0 Å². The Hall–Kier alpha value is -1.65. The van der Waals surface area contributed by atoms with E-state index in [0.717, 1.165) is 6.54 Å². The molecule has 0 saturated heterocycles. The number of aryl methyl sites for hydroxylation is 1. The van der Waals surface area contributed by atoms with Crippen LogP contribution in [0.2, 0.25) is 0 Å². The zero-order chi connectivity index (χ0) is 14.6. The molecule has 1 N–H and O–H groups in total. The zero-order valence-corrected chi connectivity index (χ0v) is 12.5. The van der Waals surface area contributed by atoms with E-state index >= 15 is 0 Å². The Morgan fingerprint density at radius 2 is 2.20 bits per heavy atom. The van der Waals surface area contributed by atoms with Crippen molar-refractivity contribution in [2.24, 2.45) is 5.41 Å². The van der Waals surface area contributed by atoms with Crippen LogP contribution in [0.4, 0.5) is 5.95 Å². The molecule has 1 aromatic heterocycles. The SMILES string of the molecule is CCCC1(CNc2ncc(C(=O)OCC)c(C)n2)CC1. The zero-order valence-electron chi connectivity index (χ0n) is 12.5. The molecule has 20 heavy (non-hydrogen) atoms. The van der Waals surface area contributed by atoms with Crippen LogP contribution in [-0.2, 0) is 4.74 Å². The standard InChI is InChI=1S/C15H23N3O2/c1-4-6-15(7-8-15)10-17-14-16-9-12(11(3)18-14)13(19)20-5-2/h9H,4-8,10H2,1-3H3,(H,16,17,18). The highest BCUT2D eigenvalue weighted by molar-refractivity contribution is 5.90. The molecule has 1 fully saturated rings. The Morgan fingerprint density at radius 3 is 2.75 bits per heavy atom. The van der Waals surface area contributed by atoms with Crippen LogP contribution in [0.25, 0.3) is 0 Å². The molecule has 0 amide bonds. The molecule has 1 heterocycles. The first kappa shape index (κ1) is 14.8. The second-order valence-corrected chi connectivity index (χ2v) is 5.52. The van der Waals surface area contributed by atoms with Crippen molar-refractivity contribution in [1.29, 1.82) is 0 Å². The van der Waals surface area contributed by atoms with Crippen molar-refractivity contribution >= 4 is 11.9 Å². The van der Waals surface area contributed by atoms with Crippen molar-refractivity contribution in [2.75, 3.05) is 18.5 Å². The summed E-state index contributed by atoms with van der Waals surface area (Å²) in [6, 6.07) is 0. The lowest BCUT2D eigenvalue weighted by molar-refractivity contribution is 0.0524. The first-order valence-electron chi connectivity index (χ1n) is 7.35. The van der Waals surface area contributed by atoms with Gasteiger partial charge >= 0.3 is 5.97 Å². The number of nitrogens with one attached hydrogen (secondary N) is 1. The van der Waals surface area contributed by atoms with E-state index in [1.54, 1.807) is 20.0 Å². The average Bonchev–Trinajstić information content (AvgIpc) is 3.17. The van der Waals surface area contributed by atoms with Gasteiger partial charge in [-0.3, -0.25) is 0 Å². The van der Waals surface area contributed by atoms with E-state index in [1.165, 1.54) is 25.7 Å². The third kappa shape index (κ3) is 3.46. The first-order chi connectivity index (χ1) is 9.60. The molecule has 0 aromatic carbocycles. The summed E-state index contributed by atoms with van der Waals surface area (Å²) in [4.78, 5) is 20.2. The molecule has 5 nitrogen and oxygen atoms in total. The Labute approximate surface area is 120 Å². The van der Waals surface area contributed by atoms with Crippen LogP contribution in [0.3, 0.4) is 0 Å². The molecule has 0 atom stereocenters. The number of nitrogens with zero attached hydrogens (tertiary/aromatic N) is 2. The highest BCUT2D eigenvalue weighted by atomic mass is 16.5. The summed E-state index contributed by atoms with van der Waals surface area (Å²) in [5, 5.41) is 3.30. The second kappa shape index (κ2) is 6.20. The number of hydrogen-bond donors (Lipinski definition) is 1.